The first kappa shape index (κ1) is 10.3. The van der Waals surface area contributed by atoms with Crippen LogP contribution >= 0.6 is 11.8 Å². The van der Waals surface area contributed by atoms with Gasteiger partial charge in [-0.05, 0) is 24.3 Å². The third kappa shape index (κ3) is 2.58. The fourth-order valence-corrected chi connectivity index (χ4v) is 1.58. The van der Waals surface area contributed by atoms with Crippen LogP contribution in [0.15, 0.2) is 29.2 Å². The minimum Gasteiger partial charge on any atom is -0.232 e. The zero-order valence-electron chi connectivity index (χ0n) is 6.94. The lowest BCUT2D eigenvalue weighted by Gasteiger charge is -2.07. The van der Waals surface area contributed by atoms with Gasteiger partial charge >= 0.3 is 0 Å². The van der Waals surface area contributed by atoms with Crippen LogP contribution in [-0.2, 0) is 9.84 Å². The molecule has 0 unspecified atom stereocenters. The van der Waals surface area contributed by atoms with Crippen LogP contribution < -0.4 is 10.4 Å². The third-order valence-corrected chi connectivity index (χ3v) is 2.84. The number of rotatable bonds is 2. The van der Waals surface area contributed by atoms with Gasteiger partial charge in [0, 0.05) is 18.0 Å². The Labute approximate surface area is 81.9 Å². The second-order valence-electron chi connectivity index (χ2n) is 2.58. The van der Waals surface area contributed by atoms with Crippen molar-refractivity contribution < 1.29 is 8.42 Å². The number of benzene rings is 1. The molecule has 0 amide bonds. The average Bonchev–Trinajstić information content (AvgIpc) is 2.03. The van der Waals surface area contributed by atoms with Gasteiger partial charge in [-0.25, -0.2) is 18.8 Å². The number of hydrazine groups is 1. The van der Waals surface area contributed by atoms with Crippen molar-refractivity contribution in [3.05, 3.63) is 24.3 Å². The van der Waals surface area contributed by atoms with Crippen molar-refractivity contribution in [3.63, 3.8) is 0 Å². The summed E-state index contributed by atoms with van der Waals surface area (Å²) in [6.45, 7) is 0. The fraction of sp³-hybridized carbons (Fsp3) is 0.143. The molecule has 0 radical (unpaired) electrons. The van der Waals surface area contributed by atoms with Crippen LogP contribution in [0.3, 0.4) is 0 Å². The molecule has 0 aliphatic rings. The Morgan fingerprint density at radius 3 is 2.08 bits per heavy atom. The SMILES string of the molecule is CS(=O)(=O)c1ccc(N(N)Cl)cc1. The molecule has 2 N–H and O–H groups in total. The molecule has 0 atom stereocenters. The molecule has 0 aromatic heterocycles. The molecule has 0 aliphatic carbocycles. The van der Waals surface area contributed by atoms with E-state index in [1.807, 2.05) is 0 Å². The molecule has 0 fully saturated rings. The van der Waals surface area contributed by atoms with Crippen LogP contribution in [0.2, 0.25) is 0 Å². The quantitative estimate of drug-likeness (QED) is 0.458. The first-order valence-electron chi connectivity index (χ1n) is 3.42. The summed E-state index contributed by atoms with van der Waals surface area (Å²) in [6, 6.07) is 5.96. The van der Waals surface area contributed by atoms with Gasteiger partial charge in [0.15, 0.2) is 9.84 Å². The van der Waals surface area contributed by atoms with Crippen molar-refractivity contribution in [2.24, 2.45) is 5.84 Å². The predicted molar refractivity (Wildman–Crippen MR) is 52.1 cm³/mol. The first-order chi connectivity index (χ1) is 5.91. The summed E-state index contributed by atoms with van der Waals surface area (Å²) in [4.78, 5) is 0.245. The number of sulfone groups is 1. The molecule has 0 spiro atoms. The molecule has 0 heterocycles. The van der Waals surface area contributed by atoms with Gasteiger partial charge in [0.1, 0.15) is 0 Å². The van der Waals surface area contributed by atoms with Crippen molar-refractivity contribution in [2.75, 3.05) is 10.8 Å². The number of hydrogen-bond acceptors (Lipinski definition) is 4. The Morgan fingerprint density at radius 1 is 1.31 bits per heavy atom. The van der Waals surface area contributed by atoms with Gasteiger partial charge in [-0.3, -0.25) is 0 Å². The third-order valence-electron chi connectivity index (χ3n) is 1.51. The molecular formula is C7H9ClN2O2S. The van der Waals surface area contributed by atoms with Gasteiger partial charge in [0.2, 0.25) is 0 Å². The highest BCUT2D eigenvalue weighted by molar-refractivity contribution is 7.90. The highest BCUT2D eigenvalue weighted by Gasteiger charge is 2.06. The van der Waals surface area contributed by atoms with Crippen molar-refractivity contribution >= 4 is 27.3 Å². The second kappa shape index (κ2) is 3.53. The number of hydrogen-bond donors (Lipinski definition) is 1. The van der Waals surface area contributed by atoms with E-state index < -0.39 is 9.84 Å². The minimum atomic E-state index is -3.15. The molecule has 4 nitrogen and oxygen atoms in total. The monoisotopic (exact) mass is 220 g/mol. The normalized spacial score (nSPS) is 11.3. The van der Waals surface area contributed by atoms with E-state index in [-0.39, 0.29) is 4.90 Å². The number of nitrogens with two attached hydrogens (primary N) is 1. The van der Waals surface area contributed by atoms with E-state index in [2.05, 4.69) is 0 Å². The lowest BCUT2D eigenvalue weighted by molar-refractivity contribution is 0.602. The van der Waals surface area contributed by atoms with E-state index >= 15 is 0 Å². The van der Waals surface area contributed by atoms with E-state index in [1.54, 1.807) is 0 Å². The molecule has 1 rings (SSSR count). The number of halogens is 1. The topological polar surface area (TPSA) is 63.4 Å². The Kier molecular flexibility index (Phi) is 2.80. The van der Waals surface area contributed by atoms with Crippen LogP contribution in [0.25, 0.3) is 0 Å². The summed E-state index contributed by atoms with van der Waals surface area (Å²) in [6.07, 6.45) is 1.14. The van der Waals surface area contributed by atoms with Crippen molar-refractivity contribution in [1.82, 2.24) is 0 Å². The first-order valence-corrected chi connectivity index (χ1v) is 5.65. The summed E-state index contributed by atoms with van der Waals surface area (Å²) in [5, 5.41) is 0. The van der Waals surface area contributed by atoms with Crippen molar-refractivity contribution in [1.29, 1.82) is 0 Å². The van der Waals surface area contributed by atoms with Crippen LogP contribution in [-0.4, -0.2) is 14.7 Å². The van der Waals surface area contributed by atoms with Gasteiger partial charge < -0.3 is 0 Å². The van der Waals surface area contributed by atoms with Gasteiger partial charge in [0.05, 0.1) is 10.6 Å². The Bertz CT molecular complexity index is 385. The largest absolute Gasteiger partial charge is 0.232 e. The fourth-order valence-electron chi connectivity index (χ4n) is 0.836. The molecule has 1 aromatic carbocycles. The molecule has 13 heavy (non-hydrogen) atoms. The second-order valence-corrected chi connectivity index (χ2v) is 4.96. The van der Waals surface area contributed by atoms with Gasteiger partial charge in [-0.15, -0.1) is 0 Å². The standard InChI is InChI=1S/C7H9ClN2O2S/c1-13(11,12)7-4-2-6(3-5-7)10(8)9/h2-5H,9H2,1H3. The van der Waals surface area contributed by atoms with E-state index in [0.29, 0.717) is 5.69 Å². The number of anilines is 1. The van der Waals surface area contributed by atoms with E-state index in [4.69, 9.17) is 17.6 Å². The Balaban J connectivity index is 3.08. The molecular weight excluding hydrogens is 212 g/mol. The summed E-state index contributed by atoms with van der Waals surface area (Å²) < 4.78 is 23.0. The predicted octanol–water partition coefficient (Wildman–Crippen LogP) is 0.924. The van der Waals surface area contributed by atoms with Gasteiger partial charge in [-0.2, -0.15) is 0 Å². The Morgan fingerprint density at radius 2 is 1.77 bits per heavy atom. The van der Waals surface area contributed by atoms with Crippen molar-refractivity contribution in [3.8, 4) is 0 Å². The molecule has 6 heteroatoms. The Hall–Kier alpha value is -0.780. The molecule has 0 aliphatic heterocycles. The lowest BCUT2D eigenvalue weighted by atomic mass is 10.3. The van der Waals surface area contributed by atoms with E-state index in [9.17, 15) is 8.42 Å². The lowest BCUT2D eigenvalue weighted by Crippen LogP contribution is -2.18. The minimum absolute atomic E-state index is 0.245. The average molecular weight is 221 g/mol. The van der Waals surface area contributed by atoms with Crippen LogP contribution in [0.1, 0.15) is 0 Å². The maximum Gasteiger partial charge on any atom is 0.175 e. The summed E-state index contributed by atoms with van der Waals surface area (Å²) in [5.41, 5.74) is 0.536. The number of nitrogens with zero attached hydrogens (tertiary/aromatic N) is 1. The van der Waals surface area contributed by atoms with Crippen LogP contribution in [0.5, 0.6) is 0 Å². The van der Waals surface area contributed by atoms with Crippen LogP contribution in [0.4, 0.5) is 5.69 Å². The maximum absolute atomic E-state index is 11.0. The zero-order valence-corrected chi connectivity index (χ0v) is 8.51. The van der Waals surface area contributed by atoms with E-state index in [0.717, 1.165) is 10.8 Å². The molecule has 0 saturated carbocycles. The van der Waals surface area contributed by atoms with Crippen LogP contribution in [0, 0.1) is 0 Å². The molecule has 1 aromatic rings. The zero-order chi connectivity index (χ0) is 10.1. The smallest absolute Gasteiger partial charge is 0.175 e. The summed E-state index contributed by atoms with van der Waals surface area (Å²) in [7, 11) is -3.15. The highest BCUT2D eigenvalue weighted by atomic mass is 35.5. The summed E-state index contributed by atoms with van der Waals surface area (Å²) >= 11 is 5.43. The van der Waals surface area contributed by atoms with Gasteiger partial charge in [0.25, 0.3) is 0 Å². The molecule has 0 saturated heterocycles. The molecule has 0 bridgehead atoms. The highest BCUT2D eigenvalue weighted by Crippen LogP contribution is 2.16. The van der Waals surface area contributed by atoms with Crippen molar-refractivity contribution in [2.45, 2.75) is 4.90 Å². The molecule has 72 valence electrons. The maximum atomic E-state index is 11.0. The van der Waals surface area contributed by atoms with E-state index in [1.165, 1.54) is 24.3 Å². The van der Waals surface area contributed by atoms with Gasteiger partial charge in [-0.1, -0.05) is 0 Å². The summed E-state index contributed by atoms with van der Waals surface area (Å²) in [5.74, 6) is 5.22.